The summed E-state index contributed by atoms with van der Waals surface area (Å²) in [6.45, 7) is 1.94. The van der Waals surface area contributed by atoms with Gasteiger partial charge in [0, 0.05) is 33.9 Å². The quantitative estimate of drug-likeness (QED) is 0.589. The van der Waals surface area contributed by atoms with Crippen LogP contribution in [0.4, 0.5) is 0 Å². The Kier molecular flexibility index (Phi) is 3.89. The molecule has 0 aliphatic carbocycles. The van der Waals surface area contributed by atoms with E-state index < -0.39 is 5.97 Å². The number of nitroso groups, excluding NO2 is 1. The normalized spacial score (nSPS) is 10.7. The topological polar surface area (TPSA) is 84.4 Å². The zero-order valence-corrected chi connectivity index (χ0v) is 12.8. The average molecular weight is 309 g/mol. The number of carbonyl (C=O) groups excluding carboxylic acids is 1. The van der Waals surface area contributed by atoms with Crippen molar-refractivity contribution in [1.29, 1.82) is 0 Å². The molecule has 0 atom stereocenters. The minimum Gasteiger partial charge on any atom is -0.465 e. The number of esters is 1. The molecule has 2 heterocycles. The number of aryl methyl sites for hydroxylation is 1. The monoisotopic (exact) mass is 309 g/mol. The molecule has 0 amide bonds. The van der Waals surface area contributed by atoms with Crippen LogP contribution < -0.4 is 0 Å². The third kappa shape index (κ3) is 2.83. The van der Waals surface area contributed by atoms with E-state index in [1.807, 2.05) is 25.1 Å². The van der Waals surface area contributed by atoms with Crippen LogP contribution in [-0.2, 0) is 11.3 Å². The molecule has 23 heavy (non-hydrogen) atoms. The molecular weight excluding hydrogens is 294 g/mol. The highest BCUT2D eigenvalue weighted by molar-refractivity contribution is 5.92. The first-order valence-corrected chi connectivity index (χ1v) is 7.09. The Morgan fingerprint density at radius 2 is 2.13 bits per heavy atom. The van der Waals surface area contributed by atoms with Gasteiger partial charge in [-0.1, -0.05) is 11.2 Å². The molecule has 0 saturated heterocycles. The third-order valence-electron chi connectivity index (χ3n) is 3.67. The zero-order chi connectivity index (χ0) is 16.4. The molecule has 0 aliphatic rings. The maximum atomic E-state index is 11.8. The Bertz CT molecular complexity index is 899. The zero-order valence-electron chi connectivity index (χ0n) is 12.8. The van der Waals surface area contributed by atoms with Crippen LogP contribution >= 0.6 is 0 Å². The Morgan fingerprint density at radius 3 is 2.87 bits per heavy atom. The lowest BCUT2D eigenvalue weighted by Gasteiger charge is -2.06. The molecule has 6 nitrogen and oxygen atoms in total. The lowest BCUT2D eigenvalue weighted by molar-refractivity contribution is 0.0600. The van der Waals surface area contributed by atoms with Crippen LogP contribution in [0.1, 0.15) is 21.6 Å². The Morgan fingerprint density at radius 1 is 1.30 bits per heavy atom. The number of fused-ring (bicyclic) bond motifs is 1. The average Bonchev–Trinajstić information content (AvgIpc) is 2.96. The molecule has 1 aromatic carbocycles. The number of rotatable bonds is 4. The van der Waals surface area contributed by atoms with Crippen molar-refractivity contribution in [2.24, 2.45) is 5.18 Å². The molecule has 2 aromatic heterocycles. The van der Waals surface area contributed by atoms with Crippen LogP contribution in [0.3, 0.4) is 0 Å². The molecule has 0 spiro atoms. The molecule has 1 N–H and O–H groups in total. The molecule has 0 radical (unpaired) electrons. The fourth-order valence-electron chi connectivity index (χ4n) is 2.59. The minimum absolute atomic E-state index is 0.109. The summed E-state index contributed by atoms with van der Waals surface area (Å²) in [5.74, 6) is -0.398. The van der Waals surface area contributed by atoms with Gasteiger partial charge in [0.1, 0.15) is 6.54 Å². The van der Waals surface area contributed by atoms with Gasteiger partial charge in [0.05, 0.1) is 18.4 Å². The van der Waals surface area contributed by atoms with E-state index in [2.05, 4.69) is 15.1 Å². The number of carbonyl (C=O) groups is 1. The summed E-state index contributed by atoms with van der Waals surface area (Å²) in [5, 5.41) is 3.87. The number of H-pyrrole nitrogens is 1. The van der Waals surface area contributed by atoms with Crippen molar-refractivity contribution in [3.05, 3.63) is 58.3 Å². The van der Waals surface area contributed by atoms with Crippen molar-refractivity contribution >= 4 is 16.9 Å². The third-order valence-corrected chi connectivity index (χ3v) is 3.67. The van der Waals surface area contributed by atoms with Crippen LogP contribution in [0.25, 0.3) is 22.2 Å². The number of benzene rings is 1. The molecule has 6 heteroatoms. The molecule has 116 valence electrons. The standard InChI is InChI=1S/C17H15N3O3/c1-10-5-12(17(21)23-2)7-16(20-10)11-3-4-15-14(6-11)13(8-18-15)9-19-22/h3-8,18H,9H2,1-2H3. The second-order valence-electron chi connectivity index (χ2n) is 5.24. The van der Waals surface area contributed by atoms with Gasteiger partial charge in [0.15, 0.2) is 0 Å². The Labute approximate surface area is 132 Å². The van der Waals surface area contributed by atoms with Gasteiger partial charge in [-0.25, -0.2) is 4.79 Å². The number of nitrogens with one attached hydrogen (secondary N) is 1. The van der Waals surface area contributed by atoms with Gasteiger partial charge < -0.3 is 9.72 Å². The van der Waals surface area contributed by atoms with Crippen LogP contribution in [0.5, 0.6) is 0 Å². The fraction of sp³-hybridized carbons (Fsp3) is 0.176. The van der Waals surface area contributed by atoms with Gasteiger partial charge in [0.2, 0.25) is 0 Å². The maximum Gasteiger partial charge on any atom is 0.337 e. The van der Waals surface area contributed by atoms with E-state index >= 15 is 0 Å². The van der Waals surface area contributed by atoms with Crippen LogP contribution in [0, 0.1) is 11.8 Å². The lowest BCUT2D eigenvalue weighted by atomic mass is 10.0. The van der Waals surface area contributed by atoms with Gasteiger partial charge in [-0.05, 0) is 31.2 Å². The highest BCUT2D eigenvalue weighted by Crippen LogP contribution is 2.26. The van der Waals surface area contributed by atoms with Crippen molar-refractivity contribution in [2.45, 2.75) is 13.5 Å². The maximum absolute atomic E-state index is 11.8. The molecule has 3 rings (SSSR count). The molecule has 0 saturated carbocycles. The van der Waals surface area contributed by atoms with Crippen molar-refractivity contribution in [3.63, 3.8) is 0 Å². The number of hydrogen-bond acceptors (Lipinski definition) is 5. The summed E-state index contributed by atoms with van der Waals surface area (Å²) in [7, 11) is 1.35. The second kappa shape index (κ2) is 6.00. The first-order valence-electron chi connectivity index (χ1n) is 7.09. The first-order chi connectivity index (χ1) is 11.1. The number of pyridine rings is 1. The SMILES string of the molecule is COC(=O)c1cc(C)nc(-c2ccc3[nH]cc(CN=O)c3c2)c1. The number of methoxy groups -OCH3 is 1. The summed E-state index contributed by atoms with van der Waals surface area (Å²) in [5.41, 5.74) is 4.48. The van der Waals surface area contributed by atoms with Gasteiger partial charge >= 0.3 is 5.97 Å². The van der Waals surface area contributed by atoms with Crippen molar-refractivity contribution in [3.8, 4) is 11.3 Å². The number of aromatic nitrogens is 2. The number of ether oxygens (including phenoxy) is 1. The predicted molar refractivity (Wildman–Crippen MR) is 87.1 cm³/mol. The van der Waals surface area contributed by atoms with Gasteiger partial charge in [0.25, 0.3) is 0 Å². The van der Waals surface area contributed by atoms with Gasteiger partial charge in [-0.2, -0.15) is 4.91 Å². The van der Waals surface area contributed by atoms with E-state index in [-0.39, 0.29) is 6.54 Å². The van der Waals surface area contributed by atoms with E-state index in [4.69, 9.17) is 4.74 Å². The molecule has 3 aromatic rings. The summed E-state index contributed by atoms with van der Waals surface area (Å²) in [4.78, 5) is 29.9. The number of aromatic amines is 1. The van der Waals surface area contributed by atoms with E-state index in [0.29, 0.717) is 11.3 Å². The molecule has 0 unspecified atom stereocenters. The van der Waals surface area contributed by atoms with E-state index in [1.54, 1.807) is 18.3 Å². The van der Waals surface area contributed by atoms with Gasteiger partial charge in [-0.3, -0.25) is 4.98 Å². The fourth-order valence-corrected chi connectivity index (χ4v) is 2.59. The highest BCUT2D eigenvalue weighted by Gasteiger charge is 2.11. The summed E-state index contributed by atoms with van der Waals surface area (Å²) in [6, 6.07) is 9.16. The van der Waals surface area contributed by atoms with Crippen LogP contribution in [0.2, 0.25) is 0 Å². The highest BCUT2D eigenvalue weighted by atomic mass is 16.5. The van der Waals surface area contributed by atoms with Crippen molar-refractivity contribution in [1.82, 2.24) is 9.97 Å². The van der Waals surface area contributed by atoms with Gasteiger partial charge in [-0.15, -0.1) is 0 Å². The summed E-state index contributed by atoms with van der Waals surface area (Å²) < 4.78 is 4.77. The molecule has 0 fully saturated rings. The minimum atomic E-state index is -0.398. The molecular formula is C17H15N3O3. The summed E-state index contributed by atoms with van der Waals surface area (Å²) in [6.07, 6.45) is 1.78. The first kappa shape index (κ1) is 14.9. The number of hydrogen-bond donors (Lipinski definition) is 1. The van der Waals surface area contributed by atoms with E-state index in [9.17, 15) is 9.70 Å². The van der Waals surface area contributed by atoms with E-state index in [1.165, 1.54) is 7.11 Å². The van der Waals surface area contributed by atoms with Crippen LogP contribution in [0.15, 0.2) is 41.7 Å². The Balaban J connectivity index is 2.12. The van der Waals surface area contributed by atoms with Crippen molar-refractivity contribution < 1.29 is 9.53 Å². The largest absolute Gasteiger partial charge is 0.465 e. The van der Waals surface area contributed by atoms with Crippen molar-refractivity contribution in [2.75, 3.05) is 7.11 Å². The summed E-state index contributed by atoms with van der Waals surface area (Å²) >= 11 is 0. The predicted octanol–water partition coefficient (Wildman–Crippen LogP) is 3.59. The second-order valence-corrected chi connectivity index (χ2v) is 5.24. The number of nitrogens with zero attached hydrogens (tertiary/aromatic N) is 2. The molecule has 0 aliphatic heterocycles. The molecule has 0 bridgehead atoms. The lowest BCUT2D eigenvalue weighted by Crippen LogP contribution is -2.03. The van der Waals surface area contributed by atoms with Crippen LogP contribution in [-0.4, -0.2) is 23.0 Å². The Hall–Kier alpha value is -3.02. The van der Waals surface area contributed by atoms with E-state index in [0.717, 1.165) is 27.7 Å². The smallest absolute Gasteiger partial charge is 0.337 e.